The second-order valence-electron chi connectivity index (χ2n) is 8.84. The van der Waals surface area contributed by atoms with Gasteiger partial charge in [-0.15, -0.1) is 22.5 Å². The average molecular weight is 528 g/mol. The normalized spacial score (nSPS) is 18.2. The van der Waals surface area contributed by atoms with E-state index in [9.17, 15) is 19.0 Å². The molecule has 0 fully saturated rings. The molecule has 0 radical (unpaired) electrons. The van der Waals surface area contributed by atoms with Crippen molar-refractivity contribution in [1.29, 1.82) is 0 Å². The number of benzene rings is 3. The zero-order valence-electron chi connectivity index (χ0n) is 20.7. The highest BCUT2D eigenvalue weighted by Crippen LogP contribution is 2.60. The number of carboxylic acid groups (broad SMARTS) is 1. The molecule has 192 valence electrons. The van der Waals surface area contributed by atoms with Gasteiger partial charge in [0, 0.05) is 35.9 Å². The number of carboxylic acids is 1. The Hall–Kier alpha value is -2.69. The largest absolute Gasteiger partial charge is 0.478 e. The van der Waals surface area contributed by atoms with E-state index in [2.05, 4.69) is 17.1 Å². The molecule has 1 unspecified atom stereocenters. The maximum atomic E-state index is 11.6. The molecule has 0 aromatic heterocycles. The van der Waals surface area contributed by atoms with Crippen LogP contribution in [0.4, 0.5) is 22.7 Å². The second-order valence-corrected chi connectivity index (χ2v) is 11.7. The van der Waals surface area contributed by atoms with Crippen LogP contribution in [0, 0.1) is 0 Å². The molecule has 1 atom stereocenters. The molecule has 4 N–H and O–H groups in total. The van der Waals surface area contributed by atoms with Crippen molar-refractivity contribution in [2.24, 2.45) is 0 Å². The van der Waals surface area contributed by atoms with Crippen LogP contribution in [0.3, 0.4) is 0 Å². The van der Waals surface area contributed by atoms with Gasteiger partial charge in [-0.1, -0.05) is 44.0 Å². The van der Waals surface area contributed by atoms with Crippen molar-refractivity contribution >= 4 is 51.3 Å². The quantitative estimate of drug-likeness (QED) is 0.223. The Morgan fingerprint density at radius 2 is 1.86 bits per heavy atom. The van der Waals surface area contributed by atoms with E-state index < -0.39 is 16.7 Å². The lowest BCUT2D eigenvalue weighted by Crippen LogP contribution is -2.39. The van der Waals surface area contributed by atoms with Gasteiger partial charge < -0.3 is 15.3 Å². The summed E-state index contributed by atoms with van der Waals surface area (Å²) in [6, 6.07) is 20.4. The fourth-order valence-corrected chi connectivity index (χ4v) is 6.67. The number of aromatic carboxylic acids is 1. The Morgan fingerprint density at radius 1 is 1.11 bits per heavy atom. The topological polar surface area (TPSA) is 96.3 Å². The maximum absolute atomic E-state index is 11.6. The SMILES string of the molecule is CCCCC1CN(c2ccccc2)c2cc(SC)c(Nc3cccc(C(=O)O)c3)cc2S(O)(O)N1C. The molecule has 0 saturated carbocycles. The Kier molecular flexibility index (Phi) is 8.17. The number of rotatable bonds is 8. The summed E-state index contributed by atoms with van der Waals surface area (Å²) in [5.41, 5.74) is 3.24. The fourth-order valence-electron chi connectivity index (χ4n) is 4.48. The number of unbranched alkanes of at least 4 members (excludes halogenated alkanes) is 1. The Bertz CT molecular complexity index is 1220. The predicted molar refractivity (Wildman–Crippen MR) is 151 cm³/mol. The van der Waals surface area contributed by atoms with Gasteiger partial charge in [0.2, 0.25) is 0 Å². The third kappa shape index (κ3) is 5.35. The van der Waals surface area contributed by atoms with Crippen LogP contribution in [0.5, 0.6) is 0 Å². The standard InChI is InChI=1S/C27H33N3O4S2/c1-4-5-12-22-18-30(21-13-7-6-8-14-21)24-17-25(35-3)23(16-26(24)36(33,34)29(22)2)28-20-11-9-10-19(15-20)27(31)32/h6-11,13-17,22,28,33-34H,4-5,12,18H2,1-3H3,(H,31,32). The molecule has 4 rings (SSSR count). The highest BCUT2D eigenvalue weighted by atomic mass is 32.3. The smallest absolute Gasteiger partial charge is 0.335 e. The van der Waals surface area contributed by atoms with Crippen molar-refractivity contribution in [1.82, 2.24) is 4.31 Å². The van der Waals surface area contributed by atoms with E-state index in [-0.39, 0.29) is 11.6 Å². The van der Waals surface area contributed by atoms with Gasteiger partial charge in [0.25, 0.3) is 0 Å². The van der Waals surface area contributed by atoms with Crippen LogP contribution in [0.1, 0.15) is 36.5 Å². The molecule has 36 heavy (non-hydrogen) atoms. The molecular weight excluding hydrogens is 494 g/mol. The lowest BCUT2D eigenvalue weighted by atomic mass is 10.1. The Morgan fingerprint density at radius 3 is 2.53 bits per heavy atom. The summed E-state index contributed by atoms with van der Waals surface area (Å²) < 4.78 is 24.9. The summed E-state index contributed by atoms with van der Waals surface area (Å²) in [6.45, 7) is 2.77. The minimum atomic E-state index is -3.29. The molecule has 0 amide bonds. The molecular formula is C27H33N3O4S2. The van der Waals surface area contributed by atoms with E-state index in [1.54, 1.807) is 53.4 Å². The summed E-state index contributed by atoms with van der Waals surface area (Å²) in [7, 11) is -1.50. The number of anilines is 4. The number of para-hydroxylation sites is 1. The number of fused-ring (bicyclic) bond motifs is 1. The molecule has 3 aromatic carbocycles. The van der Waals surface area contributed by atoms with Crippen LogP contribution in [-0.2, 0) is 0 Å². The molecule has 3 aromatic rings. The van der Waals surface area contributed by atoms with Crippen molar-refractivity contribution in [2.75, 3.05) is 30.1 Å². The monoisotopic (exact) mass is 527 g/mol. The minimum absolute atomic E-state index is 0.0519. The van der Waals surface area contributed by atoms with Crippen molar-refractivity contribution in [2.45, 2.75) is 42.0 Å². The van der Waals surface area contributed by atoms with Crippen molar-refractivity contribution in [3.8, 4) is 0 Å². The summed E-state index contributed by atoms with van der Waals surface area (Å²) in [4.78, 5) is 15.0. The van der Waals surface area contributed by atoms with Crippen LogP contribution < -0.4 is 10.2 Å². The molecule has 0 spiro atoms. The van der Waals surface area contributed by atoms with Gasteiger partial charge in [-0.3, -0.25) is 9.11 Å². The molecule has 0 saturated heterocycles. The first-order valence-electron chi connectivity index (χ1n) is 11.9. The van der Waals surface area contributed by atoms with E-state index in [1.165, 1.54) is 0 Å². The number of hydrogen-bond donors (Lipinski definition) is 4. The number of likely N-dealkylation sites (N-methyl/N-ethyl adjacent to an activating group) is 1. The number of nitrogens with one attached hydrogen (secondary N) is 1. The molecule has 7 nitrogen and oxygen atoms in total. The molecule has 1 aliphatic rings. The number of nitrogens with zero attached hydrogens (tertiary/aromatic N) is 2. The highest BCUT2D eigenvalue weighted by molar-refractivity contribution is 8.22. The lowest BCUT2D eigenvalue weighted by Gasteiger charge is -2.43. The van der Waals surface area contributed by atoms with Crippen LogP contribution in [0.15, 0.2) is 76.5 Å². The molecule has 1 aliphatic heterocycles. The molecule has 0 bridgehead atoms. The van der Waals surface area contributed by atoms with Gasteiger partial charge in [0.15, 0.2) is 0 Å². The van der Waals surface area contributed by atoms with Crippen LogP contribution in [0.25, 0.3) is 0 Å². The van der Waals surface area contributed by atoms with Crippen LogP contribution >= 0.6 is 22.5 Å². The number of carbonyl (C=O) groups is 1. The summed E-state index contributed by atoms with van der Waals surface area (Å²) in [5.74, 6) is -1.00. The van der Waals surface area contributed by atoms with E-state index in [0.29, 0.717) is 22.8 Å². The Labute approximate surface area is 218 Å². The van der Waals surface area contributed by atoms with Gasteiger partial charge >= 0.3 is 5.97 Å². The van der Waals surface area contributed by atoms with Crippen LogP contribution in [-0.4, -0.2) is 50.4 Å². The summed E-state index contributed by atoms with van der Waals surface area (Å²) in [6.07, 6.45) is 4.84. The zero-order valence-corrected chi connectivity index (χ0v) is 22.4. The highest BCUT2D eigenvalue weighted by Gasteiger charge is 2.37. The van der Waals surface area contributed by atoms with Crippen LogP contribution in [0.2, 0.25) is 0 Å². The first kappa shape index (κ1) is 26.4. The first-order chi connectivity index (χ1) is 17.3. The average Bonchev–Trinajstić information content (AvgIpc) is 2.96. The van der Waals surface area contributed by atoms with Crippen molar-refractivity contribution in [3.63, 3.8) is 0 Å². The van der Waals surface area contributed by atoms with E-state index >= 15 is 0 Å². The molecule has 9 heteroatoms. The number of hydrogen-bond acceptors (Lipinski definition) is 7. The predicted octanol–water partition coefficient (Wildman–Crippen LogP) is 7.52. The minimum Gasteiger partial charge on any atom is -0.478 e. The summed E-state index contributed by atoms with van der Waals surface area (Å²) >= 11 is 1.54. The van der Waals surface area contributed by atoms with Gasteiger partial charge in [-0.25, -0.2) is 9.10 Å². The number of thioether (sulfide) groups is 1. The third-order valence-electron chi connectivity index (χ3n) is 6.52. The fraction of sp³-hybridized carbons (Fsp3) is 0.296. The maximum Gasteiger partial charge on any atom is 0.335 e. The van der Waals surface area contributed by atoms with E-state index in [1.807, 2.05) is 42.7 Å². The van der Waals surface area contributed by atoms with Crippen molar-refractivity contribution < 1.29 is 19.0 Å². The molecule has 0 aliphatic carbocycles. The van der Waals surface area contributed by atoms with E-state index in [0.717, 1.165) is 35.5 Å². The first-order valence-corrected chi connectivity index (χ1v) is 14.6. The third-order valence-corrected chi connectivity index (χ3v) is 9.32. The molecule has 1 heterocycles. The van der Waals surface area contributed by atoms with Gasteiger partial charge in [-0.2, -0.15) is 0 Å². The van der Waals surface area contributed by atoms with Gasteiger partial charge in [0.1, 0.15) is 4.90 Å². The lowest BCUT2D eigenvalue weighted by molar-refractivity contribution is 0.0697. The zero-order chi connectivity index (χ0) is 25.9. The Balaban J connectivity index is 1.86. The van der Waals surface area contributed by atoms with E-state index in [4.69, 9.17) is 0 Å². The summed E-state index contributed by atoms with van der Waals surface area (Å²) in [5, 5.41) is 12.7. The van der Waals surface area contributed by atoms with Crippen molar-refractivity contribution in [3.05, 3.63) is 72.3 Å². The second kappa shape index (κ2) is 11.1. The van der Waals surface area contributed by atoms with Gasteiger partial charge in [0.05, 0.1) is 16.9 Å². The van der Waals surface area contributed by atoms with Gasteiger partial charge in [-0.05, 0) is 55.1 Å².